The number of nitrogens with one attached hydrogen (secondary N) is 1. The maximum absolute atomic E-state index is 11.5. The molecule has 0 spiro atoms. The molecule has 4 heteroatoms. The highest BCUT2D eigenvalue weighted by molar-refractivity contribution is 5.68. The number of aryl methyl sites for hydroxylation is 1. The molecule has 0 aromatic carbocycles. The molecular formula is C17H22N2O2. The third-order valence-electron chi connectivity index (χ3n) is 3.31. The van der Waals surface area contributed by atoms with E-state index in [1.807, 2.05) is 30.4 Å². The van der Waals surface area contributed by atoms with Gasteiger partial charge in [0, 0.05) is 31.9 Å². The molecule has 0 bridgehead atoms. The first kappa shape index (κ1) is 15.4. The Balaban J connectivity index is 1.42. The van der Waals surface area contributed by atoms with Gasteiger partial charge in [0.15, 0.2) is 0 Å². The van der Waals surface area contributed by atoms with Crippen molar-refractivity contribution in [3.8, 4) is 0 Å². The first-order valence-electron chi connectivity index (χ1n) is 7.50. The van der Waals surface area contributed by atoms with E-state index in [2.05, 4.69) is 28.2 Å². The molecule has 21 heavy (non-hydrogen) atoms. The van der Waals surface area contributed by atoms with Crippen LogP contribution in [-0.4, -0.2) is 17.1 Å². The molecule has 0 amide bonds. The van der Waals surface area contributed by atoms with E-state index in [1.165, 1.54) is 0 Å². The Bertz CT molecular complexity index is 523. The number of hydrogen-bond acceptors (Lipinski definition) is 3. The van der Waals surface area contributed by atoms with Crippen LogP contribution in [0.25, 0.3) is 0 Å². The van der Waals surface area contributed by atoms with Gasteiger partial charge >= 0.3 is 5.97 Å². The van der Waals surface area contributed by atoms with Crippen LogP contribution < -0.4 is 5.48 Å². The highest BCUT2D eigenvalue weighted by atomic mass is 16.7. The topological polar surface area (TPSA) is 43.3 Å². The van der Waals surface area contributed by atoms with Crippen LogP contribution in [0.4, 0.5) is 0 Å². The van der Waals surface area contributed by atoms with Gasteiger partial charge in [0.1, 0.15) is 0 Å². The molecule has 2 rings (SSSR count). The lowest BCUT2D eigenvalue weighted by atomic mass is 10.2. The predicted octanol–water partition coefficient (Wildman–Crippen LogP) is 3.14. The number of hydrogen-bond donors (Lipinski definition) is 1. The van der Waals surface area contributed by atoms with E-state index in [0.717, 1.165) is 37.8 Å². The summed E-state index contributed by atoms with van der Waals surface area (Å²) in [5.74, 6) is -0.178. The third kappa shape index (κ3) is 6.30. The lowest BCUT2D eigenvalue weighted by Gasteiger charge is -2.06. The second kappa shape index (κ2) is 9.01. The first-order valence-corrected chi connectivity index (χ1v) is 7.50. The Morgan fingerprint density at radius 2 is 2.10 bits per heavy atom. The Hall–Kier alpha value is -2.03. The minimum Gasteiger partial charge on any atom is -0.371 e. The summed E-state index contributed by atoms with van der Waals surface area (Å²) in [5.41, 5.74) is 6.94. The summed E-state index contributed by atoms with van der Waals surface area (Å²) in [5, 5.41) is 0. The molecule has 1 aromatic rings. The largest absolute Gasteiger partial charge is 0.371 e. The van der Waals surface area contributed by atoms with Gasteiger partial charge in [-0.15, -0.1) is 5.73 Å². The van der Waals surface area contributed by atoms with Crippen molar-refractivity contribution in [1.29, 1.82) is 0 Å². The molecule has 0 fully saturated rings. The van der Waals surface area contributed by atoms with Crippen molar-refractivity contribution in [3.05, 3.63) is 54.1 Å². The molecule has 1 aliphatic carbocycles. The van der Waals surface area contributed by atoms with Crippen LogP contribution in [0.2, 0.25) is 0 Å². The van der Waals surface area contributed by atoms with Gasteiger partial charge in [-0.25, -0.2) is 0 Å². The lowest BCUT2D eigenvalue weighted by molar-refractivity contribution is -0.151. The van der Waals surface area contributed by atoms with E-state index in [1.54, 1.807) is 0 Å². The van der Waals surface area contributed by atoms with Crippen molar-refractivity contribution in [3.63, 3.8) is 0 Å². The molecule has 0 unspecified atom stereocenters. The predicted molar refractivity (Wildman–Crippen MR) is 82.3 cm³/mol. The summed E-state index contributed by atoms with van der Waals surface area (Å²) in [6, 6.07) is 4.05. The molecule has 0 saturated heterocycles. The van der Waals surface area contributed by atoms with Gasteiger partial charge in [0.2, 0.25) is 0 Å². The van der Waals surface area contributed by atoms with Gasteiger partial charge < -0.3 is 9.40 Å². The van der Waals surface area contributed by atoms with Crippen molar-refractivity contribution < 1.29 is 9.63 Å². The summed E-state index contributed by atoms with van der Waals surface area (Å²) in [4.78, 5) is 16.5. The molecule has 1 N–H and O–H groups in total. The Kier molecular flexibility index (Phi) is 6.59. The van der Waals surface area contributed by atoms with E-state index in [0.29, 0.717) is 13.0 Å². The van der Waals surface area contributed by atoms with Gasteiger partial charge in [0.05, 0.1) is 0 Å². The van der Waals surface area contributed by atoms with Crippen molar-refractivity contribution in [2.45, 2.75) is 38.6 Å². The van der Waals surface area contributed by atoms with Crippen LogP contribution in [-0.2, 0) is 16.2 Å². The lowest BCUT2D eigenvalue weighted by Crippen LogP contribution is -2.21. The van der Waals surface area contributed by atoms with Crippen molar-refractivity contribution in [1.82, 2.24) is 10.0 Å². The average Bonchev–Trinajstić information content (AvgIpc) is 3.16. The minimum absolute atomic E-state index is 0.178. The normalized spacial score (nSPS) is 12.7. The molecule has 0 saturated carbocycles. The molecule has 4 nitrogen and oxygen atoms in total. The van der Waals surface area contributed by atoms with Gasteiger partial charge in [-0.3, -0.25) is 4.79 Å². The molecule has 0 atom stereocenters. The fourth-order valence-corrected chi connectivity index (χ4v) is 2.15. The van der Waals surface area contributed by atoms with E-state index in [-0.39, 0.29) is 5.97 Å². The monoisotopic (exact) mass is 286 g/mol. The molecule has 112 valence electrons. The van der Waals surface area contributed by atoms with Gasteiger partial charge in [-0.2, -0.15) is 5.48 Å². The van der Waals surface area contributed by atoms with Crippen LogP contribution in [0.1, 0.15) is 32.1 Å². The van der Waals surface area contributed by atoms with E-state index in [9.17, 15) is 4.79 Å². The van der Waals surface area contributed by atoms with Gasteiger partial charge in [-0.05, 0) is 43.0 Å². The quantitative estimate of drug-likeness (QED) is 0.408. The summed E-state index contributed by atoms with van der Waals surface area (Å²) < 4.78 is 2.15. The second-order valence-electron chi connectivity index (χ2n) is 5.05. The van der Waals surface area contributed by atoms with E-state index < -0.39 is 0 Å². The highest BCUT2D eigenvalue weighted by Gasteiger charge is 2.03. The number of hydroxylamine groups is 1. The van der Waals surface area contributed by atoms with Gasteiger partial charge in [-0.1, -0.05) is 18.6 Å². The zero-order valence-corrected chi connectivity index (χ0v) is 12.3. The van der Waals surface area contributed by atoms with Crippen LogP contribution >= 0.6 is 0 Å². The van der Waals surface area contributed by atoms with Crippen LogP contribution in [0.15, 0.2) is 54.1 Å². The maximum atomic E-state index is 11.5. The average molecular weight is 286 g/mol. The fraction of sp³-hybridized carbons (Fsp3) is 0.412. The molecule has 1 aliphatic rings. The third-order valence-corrected chi connectivity index (χ3v) is 3.31. The molecule has 0 radical (unpaired) electrons. The summed E-state index contributed by atoms with van der Waals surface area (Å²) in [6.07, 6.45) is 14.2. The van der Waals surface area contributed by atoms with Crippen LogP contribution in [0.3, 0.4) is 0 Å². The summed E-state index contributed by atoms with van der Waals surface area (Å²) >= 11 is 0. The SMILES string of the molecule is O=C(CCCCCn1cccc1)ONCCC1=C=CC=C1. The number of allylic oxidation sites excluding steroid dienone is 2. The zero-order chi connectivity index (χ0) is 14.8. The fourth-order valence-electron chi connectivity index (χ4n) is 2.15. The molecule has 1 aromatic heterocycles. The number of unbranched alkanes of at least 4 members (excludes halogenated alkanes) is 2. The molecule has 1 heterocycles. The number of carbonyl (C=O) groups is 1. The molecular weight excluding hydrogens is 264 g/mol. The molecule has 0 aliphatic heterocycles. The van der Waals surface area contributed by atoms with Gasteiger partial charge in [0.25, 0.3) is 0 Å². The van der Waals surface area contributed by atoms with Crippen LogP contribution in [0.5, 0.6) is 0 Å². The summed E-state index contributed by atoms with van der Waals surface area (Å²) in [6.45, 7) is 1.64. The Morgan fingerprint density at radius 1 is 1.24 bits per heavy atom. The summed E-state index contributed by atoms with van der Waals surface area (Å²) in [7, 11) is 0. The number of rotatable bonds is 10. The number of carbonyl (C=O) groups excluding carboxylic acids is 1. The van der Waals surface area contributed by atoms with Crippen molar-refractivity contribution >= 4 is 5.97 Å². The number of nitrogens with zero attached hydrogens (tertiary/aromatic N) is 1. The highest BCUT2D eigenvalue weighted by Crippen LogP contribution is 2.06. The first-order chi connectivity index (χ1) is 10.3. The van der Waals surface area contributed by atoms with Crippen LogP contribution in [0, 0.1) is 0 Å². The van der Waals surface area contributed by atoms with Crippen molar-refractivity contribution in [2.24, 2.45) is 0 Å². The zero-order valence-electron chi connectivity index (χ0n) is 12.3. The number of aromatic nitrogens is 1. The second-order valence-corrected chi connectivity index (χ2v) is 5.05. The van der Waals surface area contributed by atoms with E-state index >= 15 is 0 Å². The Labute approximate surface area is 125 Å². The minimum atomic E-state index is -0.178. The maximum Gasteiger partial charge on any atom is 0.324 e. The van der Waals surface area contributed by atoms with E-state index in [4.69, 9.17) is 4.84 Å². The Morgan fingerprint density at radius 3 is 2.86 bits per heavy atom. The van der Waals surface area contributed by atoms with Crippen molar-refractivity contribution in [2.75, 3.05) is 6.54 Å². The standard InChI is InChI=1S/C17H22N2O2/c20-17(21-18-12-11-16-8-3-4-9-16)10-2-1-5-13-19-14-6-7-15-19/h3-4,6-8,14-15,18H,1-2,5,10-13H2. The smallest absolute Gasteiger partial charge is 0.324 e.